The topological polar surface area (TPSA) is 80.1 Å². The molecule has 0 radical (unpaired) electrons. The number of nitrogens with zero attached hydrogens (tertiary/aromatic N) is 4. The first kappa shape index (κ1) is 23.5. The minimum atomic E-state index is -1.28. The van der Waals surface area contributed by atoms with E-state index in [9.17, 15) is 18.4 Å². The molecule has 3 aromatic rings. The first-order valence-electron chi connectivity index (χ1n) is 11.2. The van der Waals surface area contributed by atoms with Gasteiger partial charge in [0.15, 0.2) is 0 Å². The summed E-state index contributed by atoms with van der Waals surface area (Å²) in [5, 5.41) is 7.12. The van der Waals surface area contributed by atoms with Crippen LogP contribution in [0.5, 0.6) is 0 Å². The van der Waals surface area contributed by atoms with Crippen molar-refractivity contribution in [3.8, 4) is 5.69 Å². The zero-order chi connectivity index (χ0) is 24.4. The maximum absolute atomic E-state index is 14.8. The summed E-state index contributed by atoms with van der Waals surface area (Å²) in [6, 6.07) is 10.7. The molecule has 4 rings (SSSR count). The second kappa shape index (κ2) is 9.70. The summed E-state index contributed by atoms with van der Waals surface area (Å²) in [5.41, 5.74) is 2.17. The van der Waals surface area contributed by atoms with Crippen molar-refractivity contribution in [2.45, 2.75) is 51.4 Å². The fraction of sp³-hybridized carbons (Fsp3) is 0.360. The van der Waals surface area contributed by atoms with Crippen LogP contribution in [-0.2, 0) is 9.59 Å². The number of aromatic nitrogens is 3. The van der Waals surface area contributed by atoms with E-state index in [2.05, 4.69) is 15.4 Å². The third kappa shape index (κ3) is 4.83. The van der Waals surface area contributed by atoms with Crippen molar-refractivity contribution < 1.29 is 18.4 Å². The Hall–Kier alpha value is -3.62. The van der Waals surface area contributed by atoms with Gasteiger partial charge < -0.3 is 10.2 Å². The zero-order valence-electron chi connectivity index (χ0n) is 19.3. The van der Waals surface area contributed by atoms with Crippen LogP contribution in [0.15, 0.2) is 54.9 Å². The molecular formula is C25H27F2N5O2. The number of alkyl halides is 1. The molecule has 3 unspecified atom stereocenters. The number of pyridine rings is 1. The third-order valence-electron chi connectivity index (χ3n) is 6.03. The lowest BCUT2D eigenvalue weighted by Gasteiger charge is -2.26. The van der Waals surface area contributed by atoms with Gasteiger partial charge in [0, 0.05) is 31.3 Å². The van der Waals surface area contributed by atoms with Gasteiger partial charge in [-0.3, -0.25) is 9.59 Å². The van der Waals surface area contributed by atoms with Gasteiger partial charge in [0.1, 0.15) is 12.2 Å². The van der Waals surface area contributed by atoms with Crippen LogP contribution in [0.25, 0.3) is 5.69 Å². The van der Waals surface area contributed by atoms with E-state index in [-0.39, 0.29) is 24.8 Å². The Kier molecular flexibility index (Phi) is 6.72. The summed E-state index contributed by atoms with van der Waals surface area (Å²) in [7, 11) is 0. The number of hydrogen-bond acceptors (Lipinski definition) is 4. The molecule has 0 spiro atoms. The number of carbonyl (C=O) groups excluding carboxylic acids is 2. The van der Waals surface area contributed by atoms with E-state index in [0.29, 0.717) is 16.8 Å². The molecule has 0 aliphatic carbocycles. The van der Waals surface area contributed by atoms with Crippen molar-refractivity contribution in [1.29, 1.82) is 0 Å². The Morgan fingerprint density at radius 3 is 2.62 bits per heavy atom. The maximum Gasteiger partial charge on any atom is 0.243 e. The summed E-state index contributed by atoms with van der Waals surface area (Å²) in [5.74, 6) is -1.55. The Balaban J connectivity index is 1.72. The molecule has 1 saturated heterocycles. The number of carbonyl (C=O) groups is 2. The number of nitrogens with one attached hydrogen (secondary N) is 1. The molecule has 3 heterocycles. The van der Waals surface area contributed by atoms with Crippen LogP contribution < -0.4 is 5.32 Å². The maximum atomic E-state index is 14.8. The molecule has 0 saturated carbocycles. The molecule has 9 heteroatoms. The van der Waals surface area contributed by atoms with Crippen molar-refractivity contribution in [3.05, 3.63) is 77.6 Å². The second-order valence-electron chi connectivity index (χ2n) is 8.78. The molecule has 1 aliphatic rings. The van der Waals surface area contributed by atoms with Crippen molar-refractivity contribution in [2.24, 2.45) is 0 Å². The summed E-state index contributed by atoms with van der Waals surface area (Å²) < 4.78 is 30.5. The number of hydrogen-bond donors (Lipinski definition) is 1. The van der Waals surface area contributed by atoms with Gasteiger partial charge in [0.2, 0.25) is 17.8 Å². The Morgan fingerprint density at radius 2 is 1.97 bits per heavy atom. The van der Waals surface area contributed by atoms with Gasteiger partial charge in [0.25, 0.3) is 0 Å². The number of amides is 2. The molecule has 7 nitrogen and oxygen atoms in total. The molecule has 1 aliphatic heterocycles. The predicted molar refractivity (Wildman–Crippen MR) is 123 cm³/mol. The Bertz CT molecular complexity index is 1180. The predicted octanol–water partition coefficient (Wildman–Crippen LogP) is 3.69. The lowest BCUT2D eigenvalue weighted by Crippen LogP contribution is -2.46. The number of halogens is 2. The van der Waals surface area contributed by atoms with Crippen molar-refractivity contribution in [3.63, 3.8) is 0 Å². The quantitative estimate of drug-likeness (QED) is 0.561. The fourth-order valence-electron chi connectivity index (χ4n) is 4.27. The van der Waals surface area contributed by atoms with E-state index in [1.165, 1.54) is 11.8 Å². The number of rotatable bonds is 6. The van der Waals surface area contributed by atoms with E-state index in [1.54, 1.807) is 47.4 Å². The van der Waals surface area contributed by atoms with Gasteiger partial charge in [-0.2, -0.15) is 9.49 Å². The van der Waals surface area contributed by atoms with Crippen LogP contribution in [0.4, 0.5) is 8.78 Å². The third-order valence-corrected chi connectivity index (χ3v) is 6.03. The highest BCUT2D eigenvalue weighted by molar-refractivity contribution is 5.88. The SMILES string of the molecule is CC(=O)N1CC(F)CC1C(=O)NC(c1cccc(-n2cccn2)c1)c1ccc(C(C)C)c(F)n1. The van der Waals surface area contributed by atoms with E-state index < -0.39 is 30.1 Å². The highest BCUT2D eigenvalue weighted by Gasteiger charge is 2.39. The summed E-state index contributed by atoms with van der Waals surface area (Å²) >= 11 is 0. The summed E-state index contributed by atoms with van der Waals surface area (Å²) in [4.78, 5) is 30.6. The fourth-order valence-corrected chi connectivity index (χ4v) is 4.27. The van der Waals surface area contributed by atoms with Crippen LogP contribution in [0.1, 0.15) is 56.0 Å². The molecule has 0 bridgehead atoms. The van der Waals surface area contributed by atoms with Crippen LogP contribution in [0.3, 0.4) is 0 Å². The summed E-state index contributed by atoms with van der Waals surface area (Å²) in [6.07, 6.45) is 2.07. The van der Waals surface area contributed by atoms with Crippen LogP contribution >= 0.6 is 0 Å². The smallest absolute Gasteiger partial charge is 0.243 e. The molecular weight excluding hydrogens is 440 g/mol. The van der Waals surface area contributed by atoms with Crippen molar-refractivity contribution >= 4 is 11.8 Å². The van der Waals surface area contributed by atoms with Gasteiger partial charge in [-0.05, 0) is 35.7 Å². The lowest BCUT2D eigenvalue weighted by atomic mass is 9.99. The van der Waals surface area contributed by atoms with Gasteiger partial charge in [-0.15, -0.1) is 0 Å². The molecule has 3 atom stereocenters. The van der Waals surface area contributed by atoms with Crippen molar-refractivity contribution in [2.75, 3.05) is 6.54 Å². The largest absolute Gasteiger partial charge is 0.342 e. The molecule has 2 aromatic heterocycles. The average Bonchev–Trinajstić information content (AvgIpc) is 3.47. The zero-order valence-corrected chi connectivity index (χ0v) is 19.3. The van der Waals surface area contributed by atoms with E-state index in [1.807, 2.05) is 26.0 Å². The standard InChI is InChI=1S/C25H27F2N5O2/c1-15(2)20-8-9-21(29-24(20)27)23(17-6-4-7-19(12-17)32-11-5-10-28-32)30-25(34)22-13-18(26)14-31(22)16(3)33/h4-12,15,18,22-23H,13-14H2,1-3H3,(H,30,34). The molecule has 178 valence electrons. The van der Waals surface area contributed by atoms with E-state index in [0.717, 1.165) is 5.69 Å². The molecule has 1 aromatic carbocycles. The molecule has 34 heavy (non-hydrogen) atoms. The minimum absolute atomic E-state index is 0.0539. The average molecular weight is 468 g/mol. The highest BCUT2D eigenvalue weighted by Crippen LogP contribution is 2.27. The second-order valence-corrected chi connectivity index (χ2v) is 8.78. The first-order valence-corrected chi connectivity index (χ1v) is 11.2. The van der Waals surface area contributed by atoms with Gasteiger partial charge in [-0.25, -0.2) is 14.1 Å². The molecule has 2 amide bonds. The molecule has 1 fully saturated rings. The highest BCUT2D eigenvalue weighted by atomic mass is 19.1. The van der Waals surface area contributed by atoms with Crippen LogP contribution in [-0.4, -0.2) is 50.2 Å². The van der Waals surface area contributed by atoms with E-state index >= 15 is 0 Å². The number of benzene rings is 1. The monoisotopic (exact) mass is 467 g/mol. The van der Waals surface area contributed by atoms with Crippen LogP contribution in [0, 0.1) is 5.95 Å². The van der Waals surface area contributed by atoms with Gasteiger partial charge >= 0.3 is 0 Å². The number of likely N-dealkylation sites (tertiary alicyclic amines) is 1. The minimum Gasteiger partial charge on any atom is -0.342 e. The summed E-state index contributed by atoms with van der Waals surface area (Å²) in [6.45, 7) is 4.93. The van der Waals surface area contributed by atoms with Gasteiger partial charge in [0.05, 0.1) is 24.0 Å². The van der Waals surface area contributed by atoms with Crippen molar-refractivity contribution in [1.82, 2.24) is 25.0 Å². The van der Waals surface area contributed by atoms with E-state index in [4.69, 9.17) is 0 Å². The normalized spacial score (nSPS) is 18.8. The van der Waals surface area contributed by atoms with Crippen LogP contribution in [0.2, 0.25) is 0 Å². The molecule has 1 N–H and O–H groups in total. The Morgan fingerprint density at radius 1 is 1.18 bits per heavy atom. The van der Waals surface area contributed by atoms with Gasteiger partial charge in [-0.1, -0.05) is 32.0 Å². The first-order chi connectivity index (χ1) is 16.2. The Labute approximate surface area is 196 Å². The lowest BCUT2D eigenvalue weighted by molar-refractivity contribution is -0.137.